The van der Waals surface area contributed by atoms with Crippen molar-refractivity contribution in [3.8, 4) is 0 Å². The van der Waals surface area contributed by atoms with Crippen molar-refractivity contribution in [2.24, 2.45) is 0 Å². The summed E-state index contributed by atoms with van der Waals surface area (Å²) in [5, 5.41) is 2.85. The molecule has 3 aromatic carbocycles. The fourth-order valence-electron chi connectivity index (χ4n) is 2.91. The molecule has 0 aliphatic rings. The molecule has 0 unspecified atom stereocenters. The molecule has 0 spiro atoms. The molecule has 6 heteroatoms. The molecule has 1 amide bonds. The number of amides is 1. The lowest BCUT2D eigenvalue weighted by Gasteiger charge is -2.19. The Kier molecular flexibility index (Phi) is 6.68. The zero-order valence-corrected chi connectivity index (χ0v) is 15.5. The van der Waals surface area contributed by atoms with Crippen molar-refractivity contribution in [3.63, 3.8) is 0 Å². The number of ether oxygens (including phenoxy) is 1. The second-order valence-electron chi connectivity index (χ2n) is 6.45. The molecule has 0 saturated carbocycles. The summed E-state index contributed by atoms with van der Waals surface area (Å²) >= 11 is 0. The number of hydrogen-bond donors (Lipinski definition) is 1. The molecule has 4 nitrogen and oxygen atoms in total. The van der Waals surface area contributed by atoms with E-state index >= 15 is 0 Å². The van der Waals surface area contributed by atoms with Crippen LogP contribution in [0.5, 0.6) is 0 Å². The minimum absolute atomic E-state index is 0.292. The smallest absolute Gasteiger partial charge is 0.338 e. The van der Waals surface area contributed by atoms with E-state index in [0.717, 1.165) is 23.3 Å². The van der Waals surface area contributed by atoms with E-state index in [2.05, 4.69) is 5.32 Å². The Morgan fingerprint density at radius 1 is 0.862 bits per heavy atom. The predicted octanol–water partition coefficient (Wildman–Crippen LogP) is 4.22. The summed E-state index contributed by atoms with van der Waals surface area (Å²) < 4.78 is 31.4. The van der Waals surface area contributed by atoms with Crippen LogP contribution in [-0.4, -0.2) is 18.5 Å². The maximum absolute atomic E-state index is 13.2. The lowest BCUT2D eigenvalue weighted by atomic mass is 9.99. The van der Waals surface area contributed by atoms with Gasteiger partial charge in [-0.25, -0.2) is 13.6 Å². The van der Waals surface area contributed by atoms with Gasteiger partial charge in [-0.2, -0.15) is 0 Å². The minimum atomic E-state index is -0.974. The lowest BCUT2D eigenvalue weighted by Crippen LogP contribution is -2.33. The van der Waals surface area contributed by atoms with Crippen molar-refractivity contribution >= 4 is 11.9 Å². The van der Waals surface area contributed by atoms with Gasteiger partial charge in [0.1, 0.15) is 11.6 Å². The van der Waals surface area contributed by atoms with Crippen molar-refractivity contribution in [1.82, 2.24) is 5.32 Å². The SMILES string of the molecule is O=C(COC(=O)c1cc(F)cc(F)c1)N[C@@H](Cc1ccccc1)c1ccccc1. The van der Waals surface area contributed by atoms with Crippen molar-refractivity contribution in [3.05, 3.63) is 107 Å². The molecular formula is C23H19F2NO3. The molecule has 0 fully saturated rings. The van der Waals surface area contributed by atoms with Crippen LogP contribution in [0.2, 0.25) is 0 Å². The quantitative estimate of drug-likeness (QED) is 0.610. The summed E-state index contributed by atoms with van der Waals surface area (Å²) in [7, 11) is 0. The van der Waals surface area contributed by atoms with Crippen molar-refractivity contribution in [2.45, 2.75) is 12.5 Å². The third-order valence-electron chi connectivity index (χ3n) is 4.25. The standard InChI is InChI=1S/C23H19F2NO3/c24-19-12-18(13-20(25)14-19)23(28)29-15-22(27)26-21(17-9-5-2-6-10-17)11-16-7-3-1-4-8-16/h1-10,12-14,21H,11,15H2,(H,26,27)/t21-/m0/s1. The van der Waals surface area contributed by atoms with Crippen LogP contribution in [0.3, 0.4) is 0 Å². The van der Waals surface area contributed by atoms with Crippen LogP contribution in [0.15, 0.2) is 78.9 Å². The van der Waals surface area contributed by atoms with Gasteiger partial charge in [-0.05, 0) is 29.7 Å². The number of carbonyl (C=O) groups is 2. The Balaban J connectivity index is 1.64. The molecule has 0 radical (unpaired) electrons. The van der Waals surface area contributed by atoms with Gasteiger partial charge in [0.25, 0.3) is 5.91 Å². The largest absolute Gasteiger partial charge is 0.452 e. The maximum atomic E-state index is 13.2. The lowest BCUT2D eigenvalue weighted by molar-refractivity contribution is -0.125. The molecule has 148 valence electrons. The number of carbonyl (C=O) groups excluding carboxylic acids is 2. The van der Waals surface area contributed by atoms with Crippen LogP contribution < -0.4 is 5.32 Å². The number of halogens is 2. The molecular weight excluding hydrogens is 376 g/mol. The van der Waals surface area contributed by atoms with Crippen molar-refractivity contribution in [1.29, 1.82) is 0 Å². The topological polar surface area (TPSA) is 55.4 Å². The average Bonchev–Trinajstić information content (AvgIpc) is 2.72. The number of nitrogens with one attached hydrogen (secondary N) is 1. The van der Waals surface area contributed by atoms with E-state index in [-0.39, 0.29) is 11.6 Å². The van der Waals surface area contributed by atoms with Gasteiger partial charge in [0.05, 0.1) is 11.6 Å². The second-order valence-corrected chi connectivity index (χ2v) is 6.45. The Bertz CT molecular complexity index is 958. The molecule has 0 aromatic heterocycles. The van der Waals surface area contributed by atoms with Crippen LogP contribution in [-0.2, 0) is 16.0 Å². The van der Waals surface area contributed by atoms with E-state index < -0.39 is 30.1 Å². The number of rotatable bonds is 7. The molecule has 0 aliphatic heterocycles. The summed E-state index contributed by atoms with van der Waals surface area (Å²) in [5.41, 5.74) is 1.65. The molecule has 3 rings (SSSR count). The van der Waals surface area contributed by atoms with E-state index in [1.165, 1.54) is 0 Å². The first kappa shape index (κ1) is 20.2. The van der Waals surface area contributed by atoms with E-state index in [1.807, 2.05) is 60.7 Å². The molecule has 0 saturated heterocycles. The molecule has 29 heavy (non-hydrogen) atoms. The third kappa shape index (κ3) is 5.97. The van der Waals surface area contributed by atoms with E-state index in [9.17, 15) is 18.4 Å². The van der Waals surface area contributed by atoms with Gasteiger partial charge >= 0.3 is 5.97 Å². The summed E-state index contributed by atoms with van der Waals surface area (Å²) in [6, 6.07) is 21.1. The molecule has 0 aliphatic carbocycles. The highest BCUT2D eigenvalue weighted by Crippen LogP contribution is 2.18. The predicted molar refractivity (Wildman–Crippen MR) is 104 cm³/mol. The third-order valence-corrected chi connectivity index (χ3v) is 4.25. The number of esters is 1. The van der Waals surface area contributed by atoms with Gasteiger partial charge in [0.2, 0.25) is 0 Å². The molecule has 1 atom stereocenters. The molecule has 3 aromatic rings. The Hall–Kier alpha value is -3.54. The van der Waals surface area contributed by atoms with Gasteiger partial charge in [-0.3, -0.25) is 4.79 Å². The first-order valence-electron chi connectivity index (χ1n) is 9.03. The van der Waals surface area contributed by atoms with E-state index in [0.29, 0.717) is 12.5 Å². The highest BCUT2D eigenvalue weighted by molar-refractivity contribution is 5.91. The van der Waals surface area contributed by atoms with Crippen molar-refractivity contribution < 1.29 is 23.1 Å². The fraction of sp³-hybridized carbons (Fsp3) is 0.130. The molecule has 0 heterocycles. The highest BCUT2D eigenvalue weighted by atomic mass is 19.1. The van der Waals surface area contributed by atoms with Crippen molar-refractivity contribution in [2.75, 3.05) is 6.61 Å². The fourth-order valence-corrected chi connectivity index (χ4v) is 2.91. The van der Waals surface area contributed by atoms with Gasteiger partial charge in [-0.1, -0.05) is 60.7 Å². The van der Waals surface area contributed by atoms with Crippen LogP contribution in [0.1, 0.15) is 27.5 Å². The Morgan fingerprint density at radius 3 is 2.07 bits per heavy atom. The molecule has 1 N–H and O–H groups in total. The zero-order chi connectivity index (χ0) is 20.6. The first-order chi connectivity index (χ1) is 14.0. The van der Waals surface area contributed by atoms with Crippen LogP contribution >= 0.6 is 0 Å². The average molecular weight is 395 g/mol. The first-order valence-corrected chi connectivity index (χ1v) is 9.03. The second kappa shape index (κ2) is 9.59. The summed E-state index contributed by atoms with van der Waals surface area (Å²) in [6.07, 6.45) is 0.555. The maximum Gasteiger partial charge on any atom is 0.338 e. The van der Waals surface area contributed by atoms with E-state index in [1.54, 1.807) is 0 Å². The van der Waals surface area contributed by atoms with Gasteiger partial charge < -0.3 is 10.1 Å². The number of hydrogen-bond acceptors (Lipinski definition) is 3. The number of benzene rings is 3. The summed E-state index contributed by atoms with van der Waals surface area (Å²) in [6.45, 7) is -0.560. The Morgan fingerprint density at radius 2 is 1.45 bits per heavy atom. The highest BCUT2D eigenvalue weighted by Gasteiger charge is 2.17. The summed E-state index contributed by atoms with van der Waals surface area (Å²) in [5.74, 6) is -3.28. The van der Waals surface area contributed by atoms with Crippen LogP contribution in [0.4, 0.5) is 8.78 Å². The molecule has 0 bridgehead atoms. The van der Waals surface area contributed by atoms with Gasteiger partial charge in [0.15, 0.2) is 6.61 Å². The summed E-state index contributed by atoms with van der Waals surface area (Å²) in [4.78, 5) is 24.3. The van der Waals surface area contributed by atoms with E-state index in [4.69, 9.17) is 4.74 Å². The van der Waals surface area contributed by atoms with Crippen LogP contribution in [0.25, 0.3) is 0 Å². The normalized spacial score (nSPS) is 11.5. The van der Waals surface area contributed by atoms with Crippen LogP contribution in [0, 0.1) is 11.6 Å². The zero-order valence-electron chi connectivity index (χ0n) is 15.5. The minimum Gasteiger partial charge on any atom is -0.452 e. The van der Waals surface area contributed by atoms with Gasteiger partial charge in [0, 0.05) is 6.07 Å². The monoisotopic (exact) mass is 395 g/mol. The van der Waals surface area contributed by atoms with Gasteiger partial charge in [-0.15, -0.1) is 0 Å². The Labute approximate surface area is 167 Å².